The van der Waals surface area contributed by atoms with Gasteiger partial charge in [-0.3, -0.25) is 9.69 Å². The minimum absolute atomic E-state index is 0.0226. The predicted octanol–water partition coefficient (Wildman–Crippen LogP) is 0.873. The highest BCUT2D eigenvalue weighted by molar-refractivity contribution is 5.78. The van der Waals surface area contributed by atoms with E-state index in [4.69, 9.17) is 18.9 Å². The molecule has 25 heavy (non-hydrogen) atoms. The Morgan fingerprint density at radius 1 is 0.960 bits per heavy atom. The molecule has 3 aliphatic heterocycles. The van der Waals surface area contributed by atoms with E-state index in [1.807, 2.05) is 0 Å². The van der Waals surface area contributed by atoms with Crippen LogP contribution in [0.4, 0.5) is 0 Å². The first-order valence-corrected chi connectivity index (χ1v) is 9.75. The zero-order valence-electron chi connectivity index (χ0n) is 14.9. The molecule has 7 heteroatoms. The second kappa shape index (κ2) is 7.88. The smallest absolute Gasteiger partial charge is 0.234 e. The number of nitrogens with one attached hydrogen (secondary N) is 1. The van der Waals surface area contributed by atoms with E-state index in [1.165, 1.54) is 0 Å². The summed E-state index contributed by atoms with van der Waals surface area (Å²) in [6.45, 7) is 5.20. The van der Waals surface area contributed by atoms with Crippen molar-refractivity contribution in [1.29, 1.82) is 0 Å². The second-order valence-electron chi connectivity index (χ2n) is 7.67. The molecular weight excluding hydrogens is 324 g/mol. The molecule has 1 aliphatic carbocycles. The number of ether oxygens (including phenoxy) is 4. The molecule has 1 N–H and O–H groups in total. The van der Waals surface area contributed by atoms with Crippen LogP contribution in [0.1, 0.15) is 38.5 Å². The van der Waals surface area contributed by atoms with Crippen molar-refractivity contribution in [2.45, 2.75) is 56.6 Å². The molecule has 0 unspecified atom stereocenters. The largest absolute Gasteiger partial charge is 0.352 e. The topological polar surface area (TPSA) is 69.3 Å². The van der Waals surface area contributed by atoms with Crippen molar-refractivity contribution in [3.05, 3.63) is 0 Å². The highest BCUT2D eigenvalue weighted by Crippen LogP contribution is 2.35. The lowest BCUT2D eigenvalue weighted by Crippen LogP contribution is -2.48. The molecule has 4 fully saturated rings. The van der Waals surface area contributed by atoms with Crippen molar-refractivity contribution < 1.29 is 23.7 Å². The maximum absolute atomic E-state index is 12.4. The predicted molar refractivity (Wildman–Crippen MR) is 89.9 cm³/mol. The van der Waals surface area contributed by atoms with Gasteiger partial charge in [0, 0.05) is 24.8 Å². The van der Waals surface area contributed by atoms with Crippen LogP contribution in [0.3, 0.4) is 0 Å². The molecule has 3 heterocycles. The second-order valence-corrected chi connectivity index (χ2v) is 7.67. The average Bonchev–Trinajstić information content (AvgIpc) is 3.30. The van der Waals surface area contributed by atoms with Gasteiger partial charge in [-0.05, 0) is 38.8 Å². The van der Waals surface area contributed by atoms with Gasteiger partial charge < -0.3 is 24.3 Å². The van der Waals surface area contributed by atoms with E-state index >= 15 is 0 Å². The fraction of sp³-hybridized carbons (Fsp3) is 0.944. The summed E-state index contributed by atoms with van der Waals surface area (Å²) in [5, 5.41) is 3.20. The molecular formula is C18H30N2O5. The lowest BCUT2D eigenvalue weighted by atomic mass is 9.90. The van der Waals surface area contributed by atoms with Crippen LogP contribution in [0.15, 0.2) is 0 Å². The maximum Gasteiger partial charge on any atom is 0.234 e. The number of likely N-dealkylation sites (tertiary alicyclic amines) is 1. The first-order valence-electron chi connectivity index (χ1n) is 9.75. The molecule has 7 nitrogen and oxygen atoms in total. The van der Waals surface area contributed by atoms with Crippen LogP contribution in [-0.4, -0.2) is 75.0 Å². The zero-order valence-corrected chi connectivity index (χ0v) is 14.9. The minimum Gasteiger partial charge on any atom is -0.352 e. The van der Waals surface area contributed by atoms with Gasteiger partial charge in [-0.25, -0.2) is 0 Å². The Kier molecular flexibility index (Phi) is 5.57. The number of rotatable bonds is 4. The lowest BCUT2D eigenvalue weighted by Gasteiger charge is -2.36. The maximum atomic E-state index is 12.4. The van der Waals surface area contributed by atoms with Gasteiger partial charge in [0.1, 0.15) is 0 Å². The van der Waals surface area contributed by atoms with Gasteiger partial charge in [-0.2, -0.15) is 0 Å². The molecule has 1 saturated carbocycles. The molecule has 142 valence electrons. The third-order valence-electron chi connectivity index (χ3n) is 5.96. The van der Waals surface area contributed by atoms with Gasteiger partial charge in [0.05, 0.1) is 33.0 Å². The Hall–Kier alpha value is -0.730. The number of nitrogens with zero attached hydrogens (tertiary/aromatic N) is 1. The van der Waals surface area contributed by atoms with Crippen LogP contribution in [0.5, 0.6) is 0 Å². The van der Waals surface area contributed by atoms with Crippen molar-refractivity contribution >= 4 is 5.91 Å². The average molecular weight is 354 g/mol. The van der Waals surface area contributed by atoms with E-state index in [0.717, 1.165) is 51.6 Å². The summed E-state index contributed by atoms with van der Waals surface area (Å²) in [5.74, 6) is 0.261. The summed E-state index contributed by atoms with van der Waals surface area (Å²) >= 11 is 0. The Balaban J connectivity index is 1.15. The quantitative estimate of drug-likeness (QED) is 0.808. The first-order chi connectivity index (χ1) is 12.2. The third kappa shape index (κ3) is 4.34. The van der Waals surface area contributed by atoms with Crippen LogP contribution in [0, 0.1) is 5.92 Å². The molecule has 0 atom stereocenters. The molecule has 1 amide bonds. The zero-order chi connectivity index (χ0) is 17.1. The van der Waals surface area contributed by atoms with Crippen molar-refractivity contribution in [2.24, 2.45) is 5.92 Å². The summed E-state index contributed by atoms with van der Waals surface area (Å²) in [6, 6.07) is 0.253. The monoisotopic (exact) mass is 354 g/mol. The van der Waals surface area contributed by atoms with E-state index in [0.29, 0.717) is 38.9 Å². The Morgan fingerprint density at radius 2 is 1.60 bits per heavy atom. The van der Waals surface area contributed by atoms with Gasteiger partial charge >= 0.3 is 0 Å². The molecule has 0 aromatic heterocycles. The van der Waals surface area contributed by atoms with E-state index < -0.39 is 0 Å². The van der Waals surface area contributed by atoms with Gasteiger partial charge in [0.2, 0.25) is 5.91 Å². The van der Waals surface area contributed by atoms with Crippen LogP contribution in [0.25, 0.3) is 0 Å². The highest BCUT2D eigenvalue weighted by Gasteiger charge is 2.40. The van der Waals surface area contributed by atoms with E-state index in [2.05, 4.69) is 10.2 Å². The van der Waals surface area contributed by atoms with Crippen molar-refractivity contribution in [2.75, 3.05) is 46.1 Å². The molecule has 4 aliphatic rings. The molecule has 1 spiro atoms. The number of amides is 1. The molecule has 3 saturated heterocycles. The molecule has 4 rings (SSSR count). The van der Waals surface area contributed by atoms with Gasteiger partial charge in [-0.15, -0.1) is 0 Å². The summed E-state index contributed by atoms with van der Waals surface area (Å²) in [7, 11) is 0. The van der Waals surface area contributed by atoms with Crippen molar-refractivity contribution in [3.8, 4) is 0 Å². The third-order valence-corrected chi connectivity index (χ3v) is 5.96. The molecule has 0 aromatic carbocycles. The van der Waals surface area contributed by atoms with E-state index in [1.54, 1.807) is 0 Å². The minimum atomic E-state index is -0.354. The molecule has 0 bridgehead atoms. The molecule has 0 radical (unpaired) electrons. The lowest BCUT2D eigenvalue weighted by molar-refractivity contribution is -0.180. The van der Waals surface area contributed by atoms with Crippen LogP contribution in [0.2, 0.25) is 0 Å². The fourth-order valence-electron chi connectivity index (χ4n) is 4.50. The molecule has 0 aromatic rings. The van der Waals surface area contributed by atoms with Crippen LogP contribution < -0.4 is 5.32 Å². The number of carbonyl (C=O) groups excluding carboxylic acids is 1. The highest BCUT2D eigenvalue weighted by atomic mass is 16.7. The fourth-order valence-corrected chi connectivity index (χ4v) is 4.50. The summed E-state index contributed by atoms with van der Waals surface area (Å²) < 4.78 is 22.7. The Bertz CT molecular complexity index is 444. The van der Waals surface area contributed by atoms with E-state index in [-0.39, 0.29) is 24.0 Å². The van der Waals surface area contributed by atoms with Crippen molar-refractivity contribution in [3.63, 3.8) is 0 Å². The Morgan fingerprint density at radius 3 is 2.24 bits per heavy atom. The van der Waals surface area contributed by atoms with E-state index in [9.17, 15) is 4.79 Å². The number of carbonyl (C=O) groups is 1. The van der Waals surface area contributed by atoms with Gasteiger partial charge in [0.25, 0.3) is 0 Å². The summed E-state index contributed by atoms with van der Waals surface area (Å²) in [5.41, 5.74) is 0. The van der Waals surface area contributed by atoms with Crippen LogP contribution in [-0.2, 0) is 23.7 Å². The van der Waals surface area contributed by atoms with Crippen LogP contribution >= 0.6 is 0 Å². The standard InChI is InChI=1S/C18H30N2O5/c21-16(19-15-1-5-18(6-2-15)24-11-12-25-18)13-20-7-3-14(4-8-20)17-22-9-10-23-17/h14-15,17H,1-13H2,(H,19,21). The SMILES string of the molecule is O=C(CN1CCC(C2OCCO2)CC1)NC1CCC2(CC1)OCCO2. The summed E-state index contributed by atoms with van der Waals surface area (Å²) in [6.07, 6.45) is 5.69. The first kappa shape index (κ1) is 17.7. The number of hydrogen-bond acceptors (Lipinski definition) is 6. The Labute approximate surface area is 149 Å². The number of piperidine rings is 1. The summed E-state index contributed by atoms with van der Waals surface area (Å²) in [4.78, 5) is 14.6. The number of hydrogen-bond donors (Lipinski definition) is 1. The van der Waals surface area contributed by atoms with Gasteiger partial charge in [0.15, 0.2) is 12.1 Å². The van der Waals surface area contributed by atoms with Gasteiger partial charge in [-0.1, -0.05) is 0 Å². The normalized spacial score (nSPS) is 29.4. The van der Waals surface area contributed by atoms with Crippen molar-refractivity contribution in [1.82, 2.24) is 10.2 Å².